The molecule has 4 heteroatoms. The summed E-state index contributed by atoms with van der Waals surface area (Å²) >= 11 is 0. The molecule has 0 aliphatic carbocycles. The van der Waals surface area contributed by atoms with Crippen LogP contribution in [0.2, 0.25) is 0 Å². The molecule has 26 heavy (non-hydrogen) atoms. The van der Waals surface area contributed by atoms with Crippen LogP contribution in [0, 0.1) is 11.6 Å². The van der Waals surface area contributed by atoms with Crippen molar-refractivity contribution in [2.24, 2.45) is 0 Å². The number of aromatic nitrogens is 2. The number of fused-ring (bicyclic) bond motifs is 2. The molecule has 0 saturated carbocycles. The summed E-state index contributed by atoms with van der Waals surface area (Å²) in [5, 5.41) is 1.48. The van der Waals surface area contributed by atoms with Crippen molar-refractivity contribution < 1.29 is 8.78 Å². The van der Waals surface area contributed by atoms with Gasteiger partial charge in [-0.25, -0.2) is 8.78 Å². The van der Waals surface area contributed by atoms with Crippen molar-refractivity contribution in [1.82, 2.24) is 9.97 Å². The second-order valence-corrected chi connectivity index (χ2v) is 7.41. The molecule has 2 nitrogen and oxygen atoms in total. The molecule has 0 bridgehead atoms. The number of aromatic amines is 2. The maximum atomic E-state index is 15.0. The van der Waals surface area contributed by atoms with Gasteiger partial charge < -0.3 is 9.97 Å². The fourth-order valence-electron chi connectivity index (χ4n) is 3.54. The van der Waals surface area contributed by atoms with Gasteiger partial charge in [-0.05, 0) is 42.2 Å². The summed E-state index contributed by atoms with van der Waals surface area (Å²) in [6, 6.07) is 12.7. The van der Waals surface area contributed by atoms with Gasteiger partial charge in [0.1, 0.15) is 11.6 Å². The number of halogens is 2. The van der Waals surface area contributed by atoms with Crippen LogP contribution in [-0.4, -0.2) is 9.97 Å². The molecule has 0 spiro atoms. The SMILES string of the molecule is CC(C)c1cc2ccc(CC(C)c3cc4c(F)cccc4[nH]3)c(F)c2[nH]1. The Hall–Kier alpha value is -2.62. The minimum atomic E-state index is -0.239. The summed E-state index contributed by atoms with van der Waals surface area (Å²) in [7, 11) is 0. The standard InChI is InChI=1S/C22H22F2N2/c1-12(2)19-10-15-8-7-14(21(24)22(15)26-19)9-13(3)20-11-16-17(23)5-4-6-18(16)25-20/h4-8,10-13,25-26H,9H2,1-3H3. The number of hydrogen-bond acceptors (Lipinski definition) is 0. The van der Waals surface area contributed by atoms with Gasteiger partial charge in [0, 0.05) is 33.6 Å². The van der Waals surface area contributed by atoms with Crippen LogP contribution < -0.4 is 0 Å². The Balaban J connectivity index is 1.67. The molecule has 0 saturated heterocycles. The Bertz CT molecular complexity index is 1090. The molecule has 2 N–H and O–H groups in total. The molecule has 2 heterocycles. The molecule has 2 aromatic heterocycles. The van der Waals surface area contributed by atoms with Gasteiger partial charge in [-0.15, -0.1) is 0 Å². The van der Waals surface area contributed by atoms with Gasteiger partial charge in [0.05, 0.1) is 5.52 Å². The molecule has 0 fully saturated rings. The van der Waals surface area contributed by atoms with Crippen molar-refractivity contribution >= 4 is 21.8 Å². The maximum Gasteiger partial charge on any atom is 0.150 e. The van der Waals surface area contributed by atoms with E-state index in [2.05, 4.69) is 23.8 Å². The first-order valence-electron chi connectivity index (χ1n) is 9.01. The van der Waals surface area contributed by atoms with Crippen LogP contribution in [0.4, 0.5) is 8.78 Å². The van der Waals surface area contributed by atoms with Gasteiger partial charge in [0.2, 0.25) is 0 Å². The average molecular weight is 352 g/mol. The van der Waals surface area contributed by atoms with Crippen molar-refractivity contribution in [3.8, 4) is 0 Å². The summed E-state index contributed by atoms with van der Waals surface area (Å²) < 4.78 is 28.9. The molecule has 1 unspecified atom stereocenters. The zero-order valence-electron chi connectivity index (χ0n) is 15.2. The van der Waals surface area contributed by atoms with Crippen LogP contribution in [0.15, 0.2) is 42.5 Å². The highest BCUT2D eigenvalue weighted by molar-refractivity contribution is 5.82. The zero-order valence-corrected chi connectivity index (χ0v) is 15.2. The van der Waals surface area contributed by atoms with Crippen molar-refractivity contribution in [3.63, 3.8) is 0 Å². The molecule has 0 aliphatic rings. The van der Waals surface area contributed by atoms with E-state index in [1.54, 1.807) is 6.07 Å². The Morgan fingerprint density at radius 2 is 1.73 bits per heavy atom. The Kier molecular flexibility index (Phi) is 4.06. The third kappa shape index (κ3) is 2.79. The van der Waals surface area contributed by atoms with Crippen LogP contribution in [0.1, 0.15) is 49.6 Å². The van der Waals surface area contributed by atoms with Crippen LogP contribution >= 0.6 is 0 Å². The minimum Gasteiger partial charge on any atom is -0.358 e. The molecule has 0 aliphatic heterocycles. The highest BCUT2D eigenvalue weighted by Gasteiger charge is 2.17. The second kappa shape index (κ2) is 6.27. The van der Waals surface area contributed by atoms with E-state index in [-0.39, 0.29) is 17.6 Å². The highest BCUT2D eigenvalue weighted by Crippen LogP contribution is 2.30. The normalized spacial score (nSPS) is 13.2. The van der Waals surface area contributed by atoms with E-state index in [4.69, 9.17) is 0 Å². The van der Waals surface area contributed by atoms with Gasteiger partial charge >= 0.3 is 0 Å². The van der Waals surface area contributed by atoms with E-state index < -0.39 is 0 Å². The largest absolute Gasteiger partial charge is 0.358 e. The lowest BCUT2D eigenvalue weighted by Crippen LogP contribution is -2.01. The van der Waals surface area contributed by atoms with E-state index in [0.29, 0.717) is 28.8 Å². The van der Waals surface area contributed by atoms with Crippen LogP contribution in [0.25, 0.3) is 21.8 Å². The quantitative estimate of drug-likeness (QED) is 0.426. The molecule has 0 radical (unpaired) electrons. The Morgan fingerprint density at radius 1 is 0.923 bits per heavy atom. The summed E-state index contributed by atoms with van der Waals surface area (Å²) in [5.41, 5.74) is 3.96. The highest BCUT2D eigenvalue weighted by atomic mass is 19.1. The smallest absolute Gasteiger partial charge is 0.150 e. The van der Waals surface area contributed by atoms with E-state index >= 15 is 0 Å². The Labute approximate surface area is 151 Å². The first-order chi connectivity index (χ1) is 12.4. The molecule has 1 atom stereocenters. The van der Waals surface area contributed by atoms with Gasteiger partial charge in [-0.1, -0.05) is 39.0 Å². The van der Waals surface area contributed by atoms with Crippen LogP contribution in [-0.2, 0) is 6.42 Å². The van der Waals surface area contributed by atoms with Crippen molar-refractivity contribution in [3.05, 3.63) is 71.1 Å². The molecule has 0 amide bonds. The lowest BCUT2D eigenvalue weighted by atomic mass is 9.97. The number of H-pyrrole nitrogens is 2. The Morgan fingerprint density at radius 3 is 2.46 bits per heavy atom. The summed E-state index contributed by atoms with van der Waals surface area (Å²) in [4.78, 5) is 6.48. The monoisotopic (exact) mass is 352 g/mol. The lowest BCUT2D eigenvalue weighted by molar-refractivity contribution is 0.604. The molecule has 2 aromatic carbocycles. The topological polar surface area (TPSA) is 31.6 Å². The fraction of sp³-hybridized carbons (Fsp3) is 0.273. The number of benzene rings is 2. The number of hydrogen-bond donors (Lipinski definition) is 2. The molecule has 4 aromatic rings. The van der Waals surface area contributed by atoms with E-state index in [0.717, 1.165) is 22.3 Å². The zero-order chi connectivity index (χ0) is 18.4. The molecular weight excluding hydrogens is 330 g/mol. The average Bonchev–Trinajstić information content (AvgIpc) is 3.22. The first kappa shape index (κ1) is 16.8. The van der Waals surface area contributed by atoms with Crippen LogP contribution in [0.3, 0.4) is 0 Å². The fourth-order valence-corrected chi connectivity index (χ4v) is 3.54. The van der Waals surface area contributed by atoms with E-state index in [9.17, 15) is 8.78 Å². The second-order valence-electron chi connectivity index (χ2n) is 7.41. The maximum absolute atomic E-state index is 15.0. The van der Waals surface area contributed by atoms with Gasteiger partial charge in [-0.2, -0.15) is 0 Å². The van der Waals surface area contributed by atoms with Crippen LogP contribution in [0.5, 0.6) is 0 Å². The minimum absolute atomic E-state index is 0.0493. The number of nitrogens with one attached hydrogen (secondary N) is 2. The van der Waals surface area contributed by atoms with Gasteiger partial charge in [-0.3, -0.25) is 0 Å². The predicted molar refractivity (Wildman–Crippen MR) is 103 cm³/mol. The van der Waals surface area contributed by atoms with E-state index in [1.807, 2.05) is 37.3 Å². The third-order valence-electron chi connectivity index (χ3n) is 5.15. The predicted octanol–water partition coefficient (Wildman–Crippen LogP) is 6.40. The summed E-state index contributed by atoms with van der Waals surface area (Å²) in [6.07, 6.45) is 0.548. The van der Waals surface area contributed by atoms with E-state index in [1.165, 1.54) is 6.07 Å². The van der Waals surface area contributed by atoms with Crippen molar-refractivity contribution in [2.45, 2.75) is 39.0 Å². The lowest BCUT2D eigenvalue weighted by Gasteiger charge is -2.11. The van der Waals surface area contributed by atoms with Gasteiger partial charge in [0.15, 0.2) is 0 Å². The molecular formula is C22H22F2N2. The van der Waals surface area contributed by atoms with Crippen molar-refractivity contribution in [2.75, 3.05) is 0 Å². The molecule has 134 valence electrons. The van der Waals surface area contributed by atoms with Crippen molar-refractivity contribution in [1.29, 1.82) is 0 Å². The number of rotatable bonds is 4. The summed E-state index contributed by atoms with van der Waals surface area (Å²) in [6.45, 7) is 6.20. The first-order valence-corrected chi connectivity index (χ1v) is 9.01. The molecule has 4 rings (SSSR count). The van der Waals surface area contributed by atoms with Gasteiger partial charge in [0.25, 0.3) is 0 Å². The third-order valence-corrected chi connectivity index (χ3v) is 5.15. The summed E-state index contributed by atoms with van der Waals surface area (Å²) in [5.74, 6) is -0.0559.